The molecule has 110 valence electrons. The summed E-state index contributed by atoms with van der Waals surface area (Å²) in [6.07, 6.45) is 3.65. The number of hydrogen-bond donors (Lipinski definition) is 0. The molecule has 0 aliphatic heterocycles. The fourth-order valence-electron chi connectivity index (χ4n) is 4.08. The number of benzene rings is 1. The molecule has 0 radical (unpaired) electrons. The highest BCUT2D eigenvalue weighted by Crippen LogP contribution is 2.64. The molecule has 3 unspecified atom stereocenters. The molecule has 1 heterocycles. The van der Waals surface area contributed by atoms with E-state index in [0.29, 0.717) is 11.8 Å². The van der Waals surface area contributed by atoms with Gasteiger partial charge in [-0.15, -0.1) is 10.2 Å². The molecule has 21 heavy (non-hydrogen) atoms. The molecule has 2 aromatic rings. The lowest BCUT2D eigenvalue weighted by molar-refractivity contribution is 0.602. The molecule has 1 saturated carbocycles. The fourth-order valence-corrected chi connectivity index (χ4v) is 4.50. The third-order valence-electron chi connectivity index (χ3n) is 5.05. The lowest BCUT2D eigenvalue weighted by atomic mass is 9.92. The summed E-state index contributed by atoms with van der Waals surface area (Å²) in [6.45, 7) is 3.25. The first-order valence-corrected chi connectivity index (χ1v) is 9.03. The topological polar surface area (TPSA) is 30.7 Å². The monoisotopic (exact) mass is 345 g/mol. The second-order valence-electron chi connectivity index (χ2n) is 6.21. The van der Waals surface area contributed by atoms with E-state index in [9.17, 15) is 0 Å². The van der Waals surface area contributed by atoms with E-state index >= 15 is 0 Å². The van der Waals surface area contributed by atoms with Crippen molar-refractivity contribution in [3.05, 3.63) is 47.0 Å². The van der Waals surface area contributed by atoms with E-state index in [1.807, 2.05) is 0 Å². The van der Waals surface area contributed by atoms with Crippen molar-refractivity contribution in [3.63, 3.8) is 0 Å². The number of aromatic nitrogens is 3. The Bertz CT molecular complexity index is 664. The molecule has 0 saturated heterocycles. The quantitative estimate of drug-likeness (QED) is 0.783. The molecule has 4 heteroatoms. The van der Waals surface area contributed by atoms with Crippen molar-refractivity contribution in [2.45, 2.75) is 49.9 Å². The van der Waals surface area contributed by atoms with Crippen molar-refractivity contribution in [1.82, 2.24) is 14.8 Å². The van der Waals surface area contributed by atoms with Crippen LogP contribution in [-0.4, -0.2) is 14.8 Å². The number of aryl methyl sites for hydroxylation is 1. The maximum Gasteiger partial charge on any atom is 0.143 e. The summed E-state index contributed by atoms with van der Waals surface area (Å²) in [5.74, 6) is 4.34. The fraction of sp³-hybridized carbons (Fsp3) is 0.529. The Kier molecular flexibility index (Phi) is 3.37. The van der Waals surface area contributed by atoms with Gasteiger partial charge in [0.25, 0.3) is 0 Å². The maximum absolute atomic E-state index is 4.55. The summed E-state index contributed by atoms with van der Waals surface area (Å²) >= 11 is 3.54. The van der Waals surface area contributed by atoms with Crippen LogP contribution < -0.4 is 0 Å². The predicted octanol–water partition coefficient (Wildman–Crippen LogP) is 4.03. The smallest absolute Gasteiger partial charge is 0.143 e. The van der Waals surface area contributed by atoms with Crippen molar-refractivity contribution < 1.29 is 0 Å². The number of rotatable bonds is 4. The van der Waals surface area contributed by atoms with Gasteiger partial charge in [0.15, 0.2) is 0 Å². The molecule has 1 aromatic carbocycles. The first-order chi connectivity index (χ1) is 10.3. The SMILES string of the molecule is CCCn1c(CBr)nnc1C1C2CCc3ccccc3C21. The van der Waals surface area contributed by atoms with Gasteiger partial charge in [0, 0.05) is 12.5 Å². The molecule has 0 amide bonds. The minimum atomic E-state index is 0.584. The van der Waals surface area contributed by atoms with E-state index in [4.69, 9.17) is 0 Å². The summed E-state index contributed by atoms with van der Waals surface area (Å²) in [7, 11) is 0. The van der Waals surface area contributed by atoms with Crippen LogP contribution in [0.1, 0.15) is 54.4 Å². The first-order valence-electron chi connectivity index (χ1n) is 7.91. The average molecular weight is 346 g/mol. The number of nitrogens with zero attached hydrogens (tertiary/aromatic N) is 3. The number of hydrogen-bond acceptors (Lipinski definition) is 2. The van der Waals surface area contributed by atoms with Crippen molar-refractivity contribution in [1.29, 1.82) is 0 Å². The standard InChI is InChI=1S/C17H20BrN3/c1-2-9-21-14(10-18)19-20-17(21)16-13-8-7-11-5-3-4-6-12(11)15(13)16/h3-6,13,15-16H,2,7-10H2,1H3. The summed E-state index contributed by atoms with van der Waals surface area (Å²) in [4.78, 5) is 0. The molecule has 3 nitrogen and oxygen atoms in total. The van der Waals surface area contributed by atoms with Crippen molar-refractivity contribution in [2.75, 3.05) is 0 Å². The van der Waals surface area contributed by atoms with E-state index in [1.54, 1.807) is 11.1 Å². The van der Waals surface area contributed by atoms with Gasteiger partial charge in [0.2, 0.25) is 0 Å². The lowest BCUT2D eigenvalue weighted by Crippen LogP contribution is -2.06. The molecule has 3 atom stereocenters. The lowest BCUT2D eigenvalue weighted by Gasteiger charge is -2.13. The Morgan fingerprint density at radius 2 is 2.10 bits per heavy atom. The summed E-state index contributed by atoms with van der Waals surface area (Å²) in [6, 6.07) is 8.95. The van der Waals surface area contributed by atoms with Crippen LogP contribution in [0, 0.1) is 5.92 Å². The highest BCUT2D eigenvalue weighted by Gasteiger charge is 2.56. The van der Waals surface area contributed by atoms with Gasteiger partial charge in [-0.1, -0.05) is 47.1 Å². The van der Waals surface area contributed by atoms with Crippen LogP contribution >= 0.6 is 15.9 Å². The Labute approximate surface area is 133 Å². The molecule has 0 N–H and O–H groups in total. The zero-order valence-corrected chi connectivity index (χ0v) is 13.9. The van der Waals surface area contributed by atoms with Crippen LogP contribution in [0.3, 0.4) is 0 Å². The molecule has 1 fully saturated rings. The van der Waals surface area contributed by atoms with Crippen LogP contribution in [-0.2, 0) is 18.3 Å². The van der Waals surface area contributed by atoms with E-state index in [2.05, 4.69) is 61.9 Å². The Morgan fingerprint density at radius 3 is 2.90 bits per heavy atom. The summed E-state index contributed by atoms with van der Waals surface area (Å²) < 4.78 is 2.35. The minimum Gasteiger partial charge on any atom is -0.314 e. The van der Waals surface area contributed by atoms with E-state index in [1.165, 1.54) is 18.7 Å². The molecule has 2 aliphatic carbocycles. The van der Waals surface area contributed by atoms with Gasteiger partial charge in [-0.05, 0) is 42.2 Å². The Morgan fingerprint density at radius 1 is 1.24 bits per heavy atom. The Hall–Kier alpha value is -1.16. The van der Waals surface area contributed by atoms with Gasteiger partial charge in [0.1, 0.15) is 11.6 Å². The maximum atomic E-state index is 4.55. The number of halogens is 1. The zero-order valence-electron chi connectivity index (χ0n) is 12.3. The molecular weight excluding hydrogens is 326 g/mol. The average Bonchev–Trinajstić information content (AvgIpc) is 3.13. The predicted molar refractivity (Wildman–Crippen MR) is 86.7 cm³/mol. The molecule has 0 spiro atoms. The van der Waals surface area contributed by atoms with Crippen molar-refractivity contribution >= 4 is 15.9 Å². The second kappa shape index (κ2) is 5.24. The first kappa shape index (κ1) is 13.5. The van der Waals surface area contributed by atoms with Gasteiger partial charge in [0.05, 0.1) is 5.33 Å². The summed E-state index contributed by atoms with van der Waals surface area (Å²) in [5, 5.41) is 9.73. The van der Waals surface area contributed by atoms with E-state index in [0.717, 1.165) is 30.0 Å². The molecule has 2 aliphatic rings. The van der Waals surface area contributed by atoms with E-state index < -0.39 is 0 Å². The van der Waals surface area contributed by atoms with Crippen molar-refractivity contribution in [2.24, 2.45) is 5.92 Å². The Balaban J connectivity index is 1.70. The van der Waals surface area contributed by atoms with Gasteiger partial charge in [-0.2, -0.15) is 0 Å². The van der Waals surface area contributed by atoms with Gasteiger partial charge < -0.3 is 4.57 Å². The third-order valence-corrected chi connectivity index (χ3v) is 5.55. The molecule has 0 bridgehead atoms. The number of alkyl halides is 1. The molecular formula is C17H20BrN3. The summed E-state index contributed by atoms with van der Waals surface area (Å²) in [5.41, 5.74) is 3.11. The highest BCUT2D eigenvalue weighted by molar-refractivity contribution is 9.08. The van der Waals surface area contributed by atoms with Crippen LogP contribution in [0.2, 0.25) is 0 Å². The van der Waals surface area contributed by atoms with Crippen LogP contribution in [0.5, 0.6) is 0 Å². The minimum absolute atomic E-state index is 0.584. The van der Waals surface area contributed by atoms with Crippen LogP contribution in [0.15, 0.2) is 24.3 Å². The van der Waals surface area contributed by atoms with Gasteiger partial charge >= 0.3 is 0 Å². The van der Waals surface area contributed by atoms with Crippen LogP contribution in [0.4, 0.5) is 0 Å². The van der Waals surface area contributed by atoms with Gasteiger partial charge in [-0.3, -0.25) is 0 Å². The number of fused-ring (bicyclic) bond motifs is 3. The van der Waals surface area contributed by atoms with Gasteiger partial charge in [-0.25, -0.2) is 0 Å². The largest absolute Gasteiger partial charge is 0.314 e. The zero-order chi connectivity index (χ0) is 14.4. The van der Waals surface area contributed by atoms with E-state index in [-0.39, 0.29) is 0 Å². The molecule has 1 aromatic heterocycles. The second-order valence-corrected chi connectivity index (χ2v) is 6.77. The van der Waals surface area contributed by atoms with Crippen LogP contribution in [0.25, 0.3) is 0 Å². The third kappa shape index (κ3) is 2.07. The highest BCUT2D eigenvalue weighted by atomic mass is 79.9. The normalized spacial score (nSPS) is 26.3. The molecule has 4 rings (SSSR count). The van der Waals surface area contributed by atoms with Crippen molar-refractivity contribution in [3.8, 4) is 0 Å².